The number of carbonyl (C=O) groups excluding carboxylic acids is 2. The summed E-state index contributed by atoms with van der Waals surface area (Å²) >= 11 is 0. The van der Waals surface area contributed by atoms with Gasteiger partial charge in [-0.1, -0.05) is 13.8 Å². The SMILES string of the molecule is CC1(C)CCC(NC(=O)C(=O)NN)C1. The normalized spacial score (nSPS) is 24.4. The number of carbonyl (C=O) groups is 2. The van der Waals surface area contributed by atoms with Gasteiger partial charge in [0.2, 0.25) is 0 Å². The second-order valence-electron chi connectivity index (χ2n) is 4.55. The van der Waals surface area contributed by atoms with Crippen molar-refractivity contribution in [1.82, 2.24) is 10.7 Å². The van der Waals surface area contributed by atoms with Gasteiger partial charge in [0.1, 0.15) is 0 Å². The second kappa shape index (κ2) is 3.96. The Kier molecular flexibility index (Phi) is 3.10. The van der Waals surface area contributed by atoms with Crippen molar-refractivity contribution in [3.05, 3.63) is 0 Å². The minimum absolute atomic E-state index is 0.106. The fourth-order valence-electron chi connectivity index (χ4n) is 1.88. The average molecular weight is 199 g/mol. The molecule has 1 aliphatic rings. The zero-order valence-electron chi connectivity index (χ0n) is 8.59. The number of hydrogen-bond acceptors (Lipinski definition) is 3. The van der Waals surface area contributed by atoms with Crippen molar-refractivity contribution >= 4 is 11.8 Å². The molecule has 1 atom stereocenters. The maximum Gasteiger partial charge on any atom is 0.323 e. The van der Waals surface area contributed by atoms with Crippen LogP contribution in [-0.2, 0) is 9.59 Å². The fourth-order valence-corrected chi connectivity index (χ4v) is 1.88. The smallest absolute Gasteiger partial charge is 0.323 e. The second-order valence-corrected chi connectivity index (χ2v) is 4.55. The van der Waals surface area contributed by atoms with Crippen molar-refractivity contribution in [3.8, 4) is 0 Å². The van der Waals surface area contributed by atoms with Gasteiger partial charge >= 0.3 is 11.8 Å². The molecule has 0 aromatic heterocycles. The zero-order valence-corrected chi connectivity index (χ0v) is 8.59. The first-order chi connectivity index (χ1) is 6.44. The van der Waals surface area contributed by atoms with Gasteiger partial charge in [-0.2, -0.15) is 0 Å². The van der Waals surface area contributed by atoms with Crippen LogP contribution in [0.4, 0.5) is 0 Å². The highest BCUT2D eigenvalue weighted by Gasteiger charge is 2.32. The van der Waals surface area contributed by atoms with E-state index in [1.54, 1.807) is 0 Å². The van der Waals surface area contributed by atoms with Crippen LogP contribution in [0.5, 0.6) is 0 Å². The largest absolute Gasteiger partial charge is 0.345 e. The van der Waals surface area contributed by atoms with Gasteiger partial charge in [-0.25, -0.2) is 5.84 Å². The van der Waals surface area contributed by atoms with Crippen LogP contribution in [0.1, 0.15) is 33.1 Å². The van der Waals surface area contributed by atoms with Crippen molar-refractivity contribution < 1.29 is 9.59 Å². The van der Waals surface area contributed by atoms with Crippen LogP contribution < -0.4 is 16.6 Å². The molecule has 5 nitrogen and oxygen atoms in total. The number of nitrogens with one attached hydrogen (secondary N) is 2. The molecule has 0 aromatic rings. The van der Waals surface area contributed by atoms with Crippen LogP contribution in [0.25, 0.3) is 0 Å². The molecule has 14 heavy (non-hydrogen) atoms. The van der Waals surface area contributed by atoms with E-state index in [-0.39, 0.29) is 11.5 Å². The Morgan fingerprint density at radius 1 is 1.36 bits per heavy atom. The predicted octanol–water partition coefficient (Wildman–Crippen LogP) is -0.329. The minimum atomic E-state index is -0.783. The van der Waals surface area contributed by atoms with Crippen molar-refractivity contribution in [1.29, 1.82) is 0 Å². The van der Waals surface area contributed by atoms with Crippen LogP contribution in [0.3, 0.4) is 0 Å². The van der Waals surface area contributed by atoms with Gasteiger partial charge in [0, 0.05) is 6.04 Å². The van der Waals surface area contributed by atoms with E-state index in [1.165, 1.54) is 0 Å². The molecule has 2 amide bonds. The molecular weight excluding hydrogens is 182 g/mol. The third-order valence-corrected chi connectivity index (χ3v) is 2.64. The van der Waals surface area contributed by atoms with Gasteiger partial charge in [0.25, 0.3) is 0 Å². The van der Waals surface area contributed by atoms with Crippen LogP contribution in [0, 0.1) is 5.41 Å². The van der Waals surface area contributed by atoms with Gasteiger partial charge in [-0.05, 0) is 24.7 Å². The monoisotopic (exact) mass is 199 g/mol. The Balaban J connectivity index is 2.40. The molecule has 0 saturated heterocycles. The van der Waals surface area contributed by atoms with Crippen molar-refractivity contribution in [2.24, 2.45) is 11.3 Å². The van der Waals surface area contributed by atoms with Gasteiger partial charge < -0.3 is 5.32 Å². The first-order valence-corrected chi connectivity index (χ1v) is 4.76. The Morgan fingerprint density at radius 2 is 2.00 bits per heavy atom. The lowest BCUT2D eigenvalue weighted by atomic mass is 9.92. The van der Waals surface area contributed by atoms with Gasteiger partial charge in [0.15, 0.2) is 0 Å². The molecule has 0 radical (unpaired) electrons. The van der Waals surface area contributed by atoms with E-state index in [4.69, 9.17) is 5.84 Å². The lowest BCUT2D eigenvalue weighted by Crippen LogP contribution is -2.46. The highest BCUT2D eigenvalue weighted by molar-refractivity contribution is 6.34. The maximum absolute atomic E-state index is 11.1. The number of nitrogens with two attached hydrogens (primary N) is 1. The number of rotatable bonds is 1. The molecular formula is C9H17N3O2. The maximum atomic E-state index is 11.1. The Hall–Kier alpha value is -1.10. The van der Waals surface area contributed by atoms with Gasteiger partial charge in [-0.3, -0.25) is 15.0 Å². The van der Waals surface area contributed by atoms with Gasteiger partial charge in [0.05, 0.1) is 0 Å². The minimum Gasteiger partial charge on any atom is -0.345 e. The first-order valence-electron chi connectivity index (χ1n) is 4.76. The molecule has 0 spiro atoms. The summed E-state index contributed by atoms with van der Waals surface area (Å²) in [4.78, 5) is 22.0. The lowest BCUT2D eigenvalue weighted by molar-refractivity contribution is -0.139. The molecule has 0 aliphatic heterocycles. The summed E-state index contributed by atoms with van der Waals surface area (Å²) in [7, 11) is 0. The summed E-state index contributed by atoms with van der Waals surface area (Å²) in [5.74, 6) is 3.41. The van der Waals surface area contributed by atoms with Crippen molar-refractivity contribution in [3.63, 3.8) is 0 Å². The molecule has 1 rings (SSSR count). The molecule has 1 unspecified atom stereocenters. The van der Waals surface area contributed by atoms with Crippen LogP contribution >= 0.6 is 0 Å². The topological polar surface area (TPSA) is 84.2 Å². The molecule has 5 heteroatoms. The number of hydrogen-bond donors (Lipinski definition) is 3. The van der Waals surface area contributed by atoms with E-state index >= 15 is 0 Å². The lowest BCUT2D eigenvalue weighted by Gasteiger charge is -2.17. The Morgan fingerprint density at radius 3 is 2.43 bits per heavy atom. The summed E-state index contributed by atoms with van der Waals surface area (Å²) in [6.07, 6.45) is 2.91. The molecule has 1 fully saturated rings. The molecule has 0 aromatic carbocycles. The summed E-state index contributed by atoms with van der Waals surface area (Å²) in [5.41, 5.74) is 2.07. The van der Waals surface area contributed by atoms with E-state index in [0.717, 1.165) is 19.3 Å². The first kappa shape index (κ1) is 11.0. The Labute approximate surface area is 83.4 Å². The van der Waals surface area contributed by atoms with Crippen molar-refractivity contribution in [2.45, 2.75) is 39.2 Å². The van der Waals surface area contributed by atoms with Crippen LogP contribution in [-0.4, -0.2) is 17.9 Å². The molecule has 1 aliphatic carbocycles. The summed E-state index contributed by atoms with van der Waals surface area (Å²) in [6, 6.07) is 0.106. The van der Waals surface area contributed by atoms with Crippen molar-refractivity contribution in [2.75, 3.05) is 0 Å². The van der Waals surface area contributed by atoms with E-state index in [0.29, 0.717) is 0 Å². The van der Waals surface area contributed by atoms with Crippen LogP contribution in [0.15, 0.2) is 0 Å². The molecule has 0 bridgehead atoms. The molecule has 1 saturated carbocycles. The Bertz CT molecular complexity index is 250. The average Bonchev–Trinajstić information content (AvgIpc) is 2.44. The highest BCUT2D eigenvalue weighted by atomic mass is 16.2. The third-order valence-electron chi connectivity index (χ3n) is 2.64. The summed E-state index contributed by atoms with van der Waals surface area (Å²) in [6.45, 7) is 4.31. The van der Waals surface area contributed by atoms with Gasteiger partial charge in [-0.15, -0.1) is 0 Å². The highest BCUT2D eigenvalue weighted by Crippen LogP contribution is 2.36. The zero-order chi connectivity index (χ0) is 10.8. The van der Waals surface area contributed by atoms with E-state index in [1.807, 2.05) is 5.43 Å². The van der Waals surface area contributed by atoms with Crippen LogP contribution in [0.2, 0.25) is 0 Å². The number of hydrazine groups is 1. The standard InChI is InChI=1S/C9H17N3O2/c1-9(2)4-3-6(5-9)11-7(13)8(14)12-10/h6H,3-5,10H2,1-2H3,(H,11,13)(H,12,14). The molecule has 4 N–H and O–H groups in total. The van der Waals surface area contributed by atoms with E-state index < -0.39 is 11.8 Å². The third kappa shape index (κ3) is 2.70. The fraction of sp³-hybridized carbons (Fsp3) is 0.778. The molecule has 80 valence electrons. The quantitative estimate of drug-likeness (QED) is 0.234. The predicted molar refractivity (Wildman–Crippen MR) is 51.9 cm³/mol. The summed E-state index contributed by atoms with van der Waals surface area (Å²) in [5, 5.41) is 2.65. The summed E-state index contributed by atoms with van der Waals surface area (Å²) < 4.78 is 0. The number of amides is 2. The molecule has 0 heterocycles. The van der Waals surface area contributed by atoms with E-state index in [9.17, 15) is 9.59 Å². The van der Waals surface area contributed by atoms with E-state index in [2.05, 4.69) is 19.2 Å².